The molecule has 0 saturated carbocycles. The number of amides is 1. The SMILES string of the molecule is COc1cccc(CC(=O)N2CCCN(c3ccc(C#N)cn3)CC2)c1. The van der Waals surface area contributed by atoms with Crippen molar-refractivity contribution in [2.45, 2.75) is 12.8 Å². The molecule has 0 radical (unpaired) electrons. The van der Waals surface area contributed by atoms with Crippen LogP contribution in [0.3, 0.4) is 0 Å². The molecule has 1 saturated heterocycles. The van der Waals surface area contributed by atoms with Gasteiger partial charge in [0.2, 0.25) is 5.91 Å². The fourth-order valence-electron chi connectivity index (χ4n) is 3.10. The molecule has 2 heterocycles. The van der Waals surface area contributed by atoms with Gasteiger partial charge in [0.05, 0.1) is 19.1 Å². The molecule has 1 aliphatic rings. The van der Waals surface area contributed by atoms with Crippen molar-refractivity contribution >= 4 is 11.7 Å². The smallest absolute Gasteiger partial charge is 0.227 e. The number of aromatic nitrogens is 1. The van der Waals surface area contributed by atoms with E-state index in [0.29, 0.717) is 18.5 Å². The van der Waals surface area contributed by atoms with E-state index >= 15 is 0 Å². The van der Waals surface area contributed by atoms with Crippen molar-refractivity contribution in [2.75, 3.05) is 38.2 Å². The van der Waals surface area contributed by atoms with Crippen LogP contribution in [0.2, 0.25) is 0 Å². The molecule has 3 rings (SSSR count). The normalized spacial score (nSPS) is 14.5. The minimum Gasteiger partial charge on any atom is -0.497 e. The monoisotopic (exact) mass is 350 g/mol. The maximum Gasteiger partial charge on any atom is 0.227 e. The van der Waals surface area contributed by atoms with Gasteiger partial charge in [-0.25, -0.2) is 4.98 Å². The van der Waals surface area contributed by atoms with Gasteiger partial charge in [0, 0.05) is 32.4 Å². The lowest BCUT2D eigenvalue weighted by Gasteiger charge is -2.23. The van der Waals surface area contributed by atoms with E-state index in [1.54, 1.807) is 19.4 Å². The third-order valence-corrected chi connectivity index (χ3v) is 4.54. The summed E-state index contributed by atoms with van der Waals surface area (Å²) >= 11 is 0. The molecule has 0 aliphatic carbocycles. The second-order valence-corrected chi connectivity index (χ2v) is 6.27. The lowest BCUT2D eigenvalue weighted by atomic mass is 10.1. The summed E-state index contributed by atoms with van der Waals surface area (Å²) in [7, 11) is 1.63. The topological polar surface area (TPSA) is 69.5 Å². The quantitative estimate of drug-likeness (QED) is 0.846. The number of pyridine rings is 1. The zero-order valence-electron chi connectivity index (χ0n) is 14.9. The van der Waals surface area contributed by atoms with Gasteiger partial charge < -0.3 is 14.5 Å². The highest BCUT2D eigenvalue weighted by Crippen LogP contribution is 2.16. The summed E-state index contributed by atoms with van der Waals surface area (Å²) < 4.78 is 5.22. The fraction of sp³-hybridized carbons (Fsp3) is 0.350. The zero-order valence-corrected chi connectivity index (χ0v) is 14.9. The first-order valence-corrected chi connectivity index (χ1v) is 8.71. The van der Waals surface area contributed by atoms with E-state index in [1.807, 2.05) is 35.2 Å². The summed E-state index contributed by atoms with van der Waals surface area (Å²) in [6.45, 7) is 3.00. The number of nitrogens with zero attached hydrogens (tertiary/aromatic N) is 4. The van der Waals surface area contributed by atoms with Crippen molar-refractivity contribution < 1.29 is 9.53 Å². The first-order valence-electron chi connectivity index (χ1n) is 8.71. The Morgan fingerprint density at radius 1 is 1.23 bits per heavy atom. The summed E-state index contributed by atoms with van der Waals surface area (Å²) in [6, 6.07) is 13.4. The van der Waals surface area contributed by atoms with Crippen molar-refractivity contribution in [2.24, 2.45) is 0 Å². The van der Waals surface area contributed by atoms with Crippen molar-refractivity contribution in [1.29, 1.82) is 5.26 Å². The van der Waals surface area contributed by atoms with Gasteiger partial charge in [0.1, 0.15) is 17.6 Å². The Bertz CT molecular complexity index is 798. The van der Waals surface area contributed by atoms with Crippen LogP contribution in [0.5, 0.6) is 5.75 Å². The van der Waals surface area contributed by atoms with Crippen LogP contribution < -0.4 is 9.64 Å². The van der Waals surface area contributed by atoms with Crippen molar-refractivity contribution in [3.63, 3.8) is 0 Å². The minimum atomic E-state index is 0.132. The highest BCUT2D eigenvalue weighted by Gasteiger charge is 2.20. The molecule has 2 aromatic rings. The molecule has 1 amide bonds. The van der Waals surface area contributed by atoms with Crippen LogP contribution in [0.1, 0.15) is 17.5 Å². The summed E-state index contributed by atoms with van der Waals surface area (Å²) in [4.78, 5) is 21.1. The Labute approximate surface area is 153 Å². The average Bonchev–Trinajstić information content (AvgIpc) is 2.94. The molecular formula is C20H22N4O2. The van der Waals surface area contributed by atoms with Crippen LogP contribution in [-0.4, -0.2) is 49.1 Å². The number of anilines is 1. The number of carbonyl (C=O) groups excluding carboxylic acids is 1. The Hall–Kier alpha value is -3.07. The first-order chi connectivity index (χ1) is 12.7. The molecule has 0 atom stereocenters. The lowest BCUT2D eigenvalue weighted by Crippen LogP contribution is -2.36. The van der Waals surface area contributed by atoms with E-state index in [1.165, 1.54) is 0 Å². The number of hydrogen-bond acceptors (Lipinski definition) is 5. The third-order valence-electron chi connectivity index (χ3n) is 4.54. The van der Waals surface area contributed by atoms with Crippen LogP contribution in [-0.2, 0) is 11.2 Å². The van der Waals surface area contributed by atoms with Gasteiger partial charge in [-0.3, -0.25) is 4.79 Å². The Morgan fingerprint density at radius 2 is 2.12 bits per heavy atom. The van der Waals surface area contributed by atoms with Gasteiger partial charge in [-0.2, -0.15) is 5.26 Å². The molecule has 0 unspecified atom stereocenters. The Balaban J connectivity index is 1.60. The minimum absolute atomic E-state index is 0.132. The second kappa shape index (κ2) is 8.34. The number of hydrogen-bond donors (Lipinski definition) is 0. The molecule has 0 bridgehead atoms. The molecule has 26 heavy (non-hydrogen) atoms. The van der Waals surface area contributed by atoms with E-state index in [9.17, 15) is 4.79 Å². The Kier molecular flexibility index (Phi) is 5.69. The Morgan fingerprint density at radius 3 is 2.85 bits per heavy atom. The molecule has 0 spiro atoms. The van der Waals surface area contributed by atoms with Crippen molar-refractivity contribution in [1.82, 2.24) is 9.88 Å². The van der Waals surface area contributed by atoms with Crippen LogP contribution in [0.25, 0.3) is 0 Å². The summed E-state index contributed by atoms with van der Waals surface area (Å²) in [5.74, 6) is 1.75. The highest BCUT2D eigenvalue weighted by molar-refractivity contribution is 5.79. The first kappa shape index (κ1) is 17.7. The van der Waals surface area contributed by atoms with Gasteiger partial charge >= 0.3 is 0 Å². The van der Waals surface area contributed by atoms with Crippen LogP contribution in [0.4, 0.5) is 5.82 Å². The van der Waals surface area contributed by atoms with Gasteiger partial charge in [0.25, 0.3) is 0 Å². The number of carbonyl (C=O) groups is 1. The molecule has 1 aromatic heterocycles. The largest absolute Gasteiger partial charge is 0.497 e. The zero-order chi connectivity index (χ0) is 18.4. The van der Waals surface area contributed by atoms with Crippen LogP contribution >= 0.6 is 0 Å². The van der Waals surface area contributed by atoms with Crippen molar-refractivity contribution in [3.8, 4) is 11.8 Å². The summed E-state index contributed by atoms with van der Waals surface area (Å²) in [5, 5.41) is 8.88. The van der Waals surface area contributed by atoms with Gasteiger partial charge in [0.15, 0.2) is 0 Å². The number of rotatable bonds is 4. The summed E-state index contributed by atoms with van der Waals surface area (Å²) in [6.07, 6.45) is 2.86. The van der Waals surface area contributed by atoms with Crippen LogP contribution in [0, 0.1) is 11.3 Å². The van der Waals surface area contributed by atoms with Crippen LogP contribution in [0.15, 0.2) is 42.6 Å². The predicted molar refractivity (Wildman–Crippen MR) is 99.1 cm³/mol. The molecule has 1 aromatic carbocycles. The van der Waals surface area contributed by atoms with Gasteiger partial charge in [-0.15, -0.1) is 0 Å². The molecule has 0 N–H and O–H groups in total. The average molecular weight is 350 g/mol. The molecule has 6 heteroatoms. The van der Waals surface area contributed by atoms with E-state index in [-0.39, 0.29) is 5.91 Å². The molecular weight excluding hydrogens is 328 g/mol. The van der Waals surface area contributed by atoms with E-state index in [2.05, 4.69) is 16.0 Å². The predicted octanol–water partition coefficient (Wildman–Crippen LogP) is 2.24. The third kappa shape index (κ3) is 4.31. The van der Waals surface area contributed by atoms with Crippen molar-refractivity contribution in [3.05, 3.63) is 53.7 Å². The van der Waals surface area contributed by atoms with E-state index < -0.39 is 0 Å². The second-order valence-electron chi connectivity index (χ2n) is 6.27. The number of methoxy groups -OCH3 is 1. The standard InChI is InChI=1S/C20H22N4O2/c1-26-18-5-2-4-16(12-18)13-20(25)24-9-3-8-23(10-11-24)19-7-6-17(14-21)15-22-19/h2,4-7,12,15H,3,8-11,13H2,1H3. The molecule has 1 fully saturated rings. The highest BCUT2D eigenvalue weighted by atomic mass is 16.5. The maximum atomic E-state index is 12.7. The van der Waals surface area contributed by atoms with E-state index in [4.69, 9.17) is 10.00 Å². The lowest BCUT2D eigenvalue weighted by molar-refractivity contribution is -0.130. The molecule has 134 valence electrons. The number of benzene rings is 1. The molecule has 1 aliphatic heterocycles. The van der Waals surface area contributed by atoms with Gasteiger partial charge in [-0.1, -0.05) is 12.1 Å². The van der Waals surface area contributed by atoms with Gasteiger partial charge in [-0.05, 0) is 36.2 Å². The maximum absolute atomic E-state index is 12.7. The summed E-state index contributed by atoms with van der Waals surface area (Å²) in [5.41, 5.74) is 1.52. The number of ether oxygens (including phenoxy) is 1. The number of nitriles is 1. The van der Waals surface area contributed by atoms with E-state index in [0.717, 1.165) is 43.2 Å². The fourth-order valence-corrected chi connectivity index (χ4v) is 3.10. The molecule has 6 nitrogen and oxygen atoms in total.